The van der Waals surface area contributed by atoms with Crippen molar-refractivity contribution < 1.29 is 27.5 Å². The molecule has 0 spiro atoms. The molecule has 0 aliphatic heterocycles. The molecule has 0 aliphatic carbocycles. The minimum atomic E-state index is -3.63. The van der Waals surface area contributed by atoms with E-state index in [1.165, 1.54) is 57.3 Å². The van der Waals surface area contributed by atoms with E-state index >= 15 is 0 Å². The fourth-order valence-electron chi connectivity index (χ4n) is 2.95. The molecule has 0 saturated heterocycles. The number of carbonyl (C=O) groups is 2. The van der Waals surface area contributed by atoms with E-state index in [-0.39, 0.29) is 21.8 Å². The van der Waals surface area contributed by atoms with Gasteiger partial charge in [0.25, 0.3) is 0 Å². The van der Waals surface area contributed by atoms with Crippen molar-refractivity contribution in [2.45, 2.75) is 4.90 Å². The number of methoxy groups -OCH3 is 2. The first-order valence-electron chi connectivity index (χ1n) is 9.10. The van der Waals surface area contributed by atoms with Gasteiger partial charge in [-0.05, 0) is 24.3 Å². The fourth-order valence-corrected chi connectivity index (χ4v) is 3.85. The summed E-state index contributed by atoms with van der Waals surface area (Å²) in [6.45, 7) is 0. The third kappa shape index (κ3) is 4.07. The highest BCUT2D eigenvalue weighted by Gasteiger charge is 2.31. The Kier molecular flexibility index (Phi) is 6.23. The van der Waals surface area contributed by atoms with Crippen molar-refractivity contribution in [3.05, 3.63) is 65.9 Å². The number of aromatic nitrogens is 2. The molecule has 2 aromatic carbocycles. The van der Waals surface area contributed by atoms with Gasteiger partial charge in [0, 0.05) is 19.7 Å². The Morgan fingerprint density at radius 1 is 0.903 bits per heavy atom. The van der Waals surface area contributed by atoms with Crippen LogP contribution in [0.3, 0.4) is 0 Å². The monoisotopic (exact) mass is 443 g/mol. The highest BCUT2D eigenvalue weighted by atomic mass is 32.2. The summed E-state index contributed by atoms with van der Waals surface area (Å²) in [5.41, 5.74) is 0.941. The third-order valence-electron chi connectivity index (χ3n) is 4.56. The molecule has 0 unspecified atom stereocenters. The van der Waals surface area contributed by atoms with Gasteiger partial charge in [-0.3, -0.25) is 0 Å². The molecule has 0 aliphatic rings. The molecule has 0 atom stereocenters. The van der Waals surface area contributed by atoms with Gasteiger partial charge in [-0.25, -0.2) is 27.0 Å². The smallest absolute Gasteiger partial charge is 0.357 e. The minimum absolute atomic E-state index is 0.0801. The Balaban J connectivity index is 2.26. The Bertz CT molecular complexity index is 1220. The van der Waals surface area contributed by atoms with Crippen LogP contribution in [0.1, 0.15) is 20.8 Å². The standard InChI is InChI=1S/C21H21N3O6S/c1-23(2)31(27,28)16-12-10-14(11-13-16)18-17(20(25)29-3)19(21(26)30-4)24(22-18)15-8-6-5-7-9-15/h5-13H,1-4H3. The van der Waals surface area contributed by atoms with Gasteiger partial charge < -0.3 is 9.47 Å². The van der Waals surface area contributed by atoms with Crippen molar-refractivity contribution in [3.63, 3.8) is 0 Å². The van der Waals surface area contributed by atoms with E-state index in [2.05, 4.69) is 5.10 Å². The van der Waals surface area contributed by atoms with Crippen molar-refractivity contribution in [1.29, 1.82) is 0 Å². The highest BCUT2D eigenvalue weighted by Crippen LogP contribution is 2.30. The number of para-hydroxylation sites is 1. The maximum absolute atomic E-state index is 12.6. The van der Waals surface area contributed by atoms with Gasteiger partial charge in [-0.2, -0.15) is 5.10 Å². The van der Waals surface area contributed by atoms with Crippen molar-refractivity contribution in [2.75, 3.05) is 28.3 Å². The van der Waals surface area contributed by atoms with Gasteiger partial charge >= 0.3 is 11.9 Å². The third-order valence-corrected chi connectivity index (χ3v) is 6.39. The molecular weight excluding hydrogens is 422 g/mol. The summed E-state index contributed by atoms with van der Waals surface area (Å²) in [4.78, 5) is 25.3. The van der Waals surface area contributed by atoms with Crippen molar-refractivity contribution in [2.24, 2.45) is 0 Å². The fraction of sp³-hybridized carbons (Fsp3) is 0.190. The van der Waals surface area contributed by atoms with Crippen molar-refractivity contribution in [1.82, 2.24) is 14.1 Å². The summed E-state index contributed by atoms with van der Waals surface area (Å²) in [6, 6.07) is 14.6. The first kappa shape index (κ1) is 22.2. The summed E-state index contributed by atoms with van der Waals surface area (Å²) < 4.78 is 36.9. The predicted molar refractivity (Wildman–Crippen MR) is 113 cm³/mol. The van der Waals surface area contributed by atoms with Crippen LogP contribution >= 0.6 is 0 Å². The molecule has 1 aromatic heterocycles. The predicted octanol–water partition coefficient (Wildman–Crippen LogP) is 2.36. The molecule has 0 bridgehead atoms. The Labute approximate surface area is 179 Å². The zero-order valence-electron chi connectivity index (χ0n) is 17.4. The lowest BCUT2D eigenvalue weighted by atomic mass is 10.1. The number of hydrogen-bond donors (Lipinski definition) is 0. The lowest BCUT2D eigenvalue weighted by molar-refractivity contribution is 0.0549. The molecular formula is C21H21N3O6S. The lowest BCUT2D eigenvalue weighted by Crippen LogP contribution is -2.22. The van der Waals surface area contributed by atoms with Crippen LogP contribution in [0.15, 0.2) is 59.5 Å². The summed E-state index contributed by atoms with van der Waals surface area (Å²) in [6.07, 6.45) is 0. The zero-order chi connectivity index (χ0) is 22.8. The number of sulfonamides is 1. The lowest BCUT2D eigenvalue weighted by Gasteiger charge is -2.11. The van der Waals surface area contributed by atoms with Crippen LogP contribution in [0.25, 0.3) is 16.9 Å². The second-order valence-electron chi connectivity index (χ2n) is 6.61. The van der Waals surface area contributed by atoms with Crippen LogP contribution in [0.4, 0.5) is 0 Å². The van der Waals surface area contributed by atoms with Gasteiger partial charge in [0.2, 0.25) is 10.0 Å². The molecule has 162 valence electrons. The number of ether oxygens (including phenoxy) is 2. The maximum atomic E-state index is 12.6. The number of esters is 2. The first-order valence-corrected chi connectivity index (χ1v) is 10.5. The molecule has 3 rings (SSSR count). The molecule has 0 radical (unpaired) electrons. The molecule has 3 aromatic rings. The summed E-state index contributed by atoms with van der Waals surface area (Å²) in [5, 5.41) is 4.47. The van der Waals surface area contributed by atoms with E-state index in [4.69, 9.17) is 9.47 Å². The molecule has 0 N–H and O–H groups in total. The van der Waals surface area contributed by atoms with E-state index < -0.39 is 22.0 Å². The van der Waals surface area contributed by atoms with Gasteiger partial charge in [0.05, 0.1) is 24.8 Å². The van der Waals surface area contributed by atoms with Crippen molar-refractivity contribution in [3.8, 4) is 16.9 Å². The molecule has 0 fully saturated rings. The normalized spacial score (nSPS) is 11.4. The molecule has 31 heavy (non-hydrogen) atoms. The van der Waals surface area contributed by atoms with Gasteiger partial charge in [0.1, 0.15) is 11.3 Å². The van der Waals surface area contributed by atoms with Crippen LogP contribution in [0.5, 0.6) is 0 Å². The number of rotatable bonds is 6. The first-order chi connectivity index (χ1) is 14.7. The minimum Gasteiger partial charge on any atom is -0.465 e. The van der Waals surface area contributed by atoms with Gasteiger partial charge in [-0.1, -0.05) is 30.3 Å². The van der Waals surface area contributed by atoms with Gasteiger partial charge in [0.15, 0.2) is 5.69 Å². The Morgan fingerprint density at radius 3 is 2.00 bits per heavy atom. The topological polar surface area (TPSA) is 108 Å². The average molecular weight is 443 g/mol. The summed E-state index contributed by atoms with van der Waals surface area (Å²) in [5.74, 6) is -1.54. The molecule has 0 amide bonds. The van der Waals surface area contributed by atoms with E-state index in [9.17, 15) is 18.0 Å². The van der Waals surface area contributed by atoms with Crippen LogP contribution < -0.4 is 0 Å². The van der Waals surface area contributed by atoms with Gasteiger partial charge in [-0.15, -0.1) is 0 Å². The van der Waals surface area contributed by atoms with E-state index in [0.717, 1.165) is 4.31 Å². The zero-order valence-corrected chi connectivity index (χ0v) is 18.2. The highest BCUT2D eigenvalue weighted by molar-refractivity contribution is 7.89. The second kappa shape index (κ2) is 8.70. The number of hydrogen-bond acceptors (Lipinski definition) is 7. The Morgan fingerprint density at radius 2 is 1.48 bits per heavy atom. The van der Waals surface area contributed by atoms with E-state index in [0.29, 0.717) is 11.3 Å². The van der Waals surface area contributed by atoms with E-state index in [1.807, 2.05) is 0 Å². The van der Waals surface area contributed by atoms with Crippen LogP contribution in [-0.2, 0) is 19.5 Å². The molecule has 0 saturated carbocycles. The molecule has 9 nitrogen and oxygen atoms in total. The summed E-state index contributed by atoms with van der Waals surface area (Å²) in [7, 11) is 1.63. The number of carbonyl (C=O) groups excluding carboxylic acids is 2. The quantitative estimate of drug-likeness (QED) is 0.538. The summed E-state index contributed by atoms with van der Waals surface area (Å²) >= 11 is 0. The van der Waals surface area contributed by atoms with Crippen LogP contribution in [-0.4, -0.2) is 62.8 Å². The van der Waals surface area contributed by atoms with Crippen molar-refractivity contribution >= 4 is 22.0 Å². The van der Waals surface area contributed by atoms with Crippen LogP contribution in [0, 0.1) is 0 Å². The largest absolute Gasteiger partial charge is 0.465 e. The number of benzene rings is 2. The number of nitrogens with zero attached hydrogens (tertiary/aromatic N) is 3. The maximum Gasteiger partial charge on any atom is 0.357 e. The van der Waals surface area contributed by atoms with E-state index in [1.54, 1.807) is 30.3 Å². The van der Waals surface area contributed by atoms with Crippen LogP contribution in [0.2, 0.25) is 0 Å². The Hall–Kier alpha value is -3.50. The SMILES string of the molecule is COC(=O)c1c(-c2ccc(S(=O)(=O)N(C)C)cc2)nn(-c2ccccc2)c1C(=O)OC. The second-order valence-corrected chi connectivity index (χ2v) is 8.77. The average Bonchev–Trinajstić information content (AvgIpc) is 3.19. The molecule has 10 heteroatoms. The molecule has 1 heterocycles.